The molecule has 1 aromatic carbocycles. The Kier molecular flexibility index (Phi) is 5.18. The Hall–Kier alpha value is -1.75. The monoisotopic (exact) mass is 285 g/mol. The standard InChI is InChI=1S/C13H16ClNO4/c1-7(2)10(6-12(17)18)15-13(19)9-4-3-8(14)5-11(9)16/h3-5,7,10,16H,6H2,1-2H3,(H,15,19)(H,17,18). The van der Waals surface area contributed by atoms with Crippen LogP contribution in [0.4, 0.5) is 0 Å². The Balaban J connectivity index is 2.84. The van der Waals surface area contributed by atoms with Crippen LogP contribution in [0.5, 0.6) is 5.75 Å². The minimum atomic E-state index is -0.987. The number of nitrogens with one attached hydrogen (secondary N) is 1. The van der Waals surface area contributed by atoms with Gasteiger partial charge in [-0.25, -0.2) is 0 Å². The number of amides is 1. The van der Waals surface area contributed by atoms with Crippen molar-refractivity contribution in [2.24, 2.45) is 5.92 Å². The third-order valence-electron chi connectivity index (χ3n) is 2.72. The van der Waals surface area contributed by atoms with Crippen molar-refractivity contribution in [1.29, 1.82) is 0 Å². The van der Waals surface area contributed by atoms with E-state index in [0.717, 1.165) is 0 Å². The van der Waals surface area contributed by atoms with Crippen molar-refractivity contribution in [3.63, 3.8) is 0 Å². The molecule has 6 heteroatoms. The number of hydrogen-bond donors (Lipinski definition) is 3. The maximum Gasteiger partial charge on any atom is 0.305 e. The fourth-order valence-corrected chi connectivity index (χ4v) is 1.75. The van der Waals surface area contributed by atoms with Gasteiger partial charge < -0.3 is 15.5 Å². The van der Waals surface area contributed by atoms with Gasteiger partial charge in [-0.1, -0.05) is 25.4 Å². The number of carbonyl (C=O) groups excluding carboxylic acids is 1. The van der Waals surface area contributed by atoms with E-state index < -0.39 is 17.9 Å². The molecule has 1 aromatic rings. The van der Waals surface area contributed by atoms with Crippen molar-refractivity contribution < 1.29 is 19.8 Å². The number of halogens is 1. The van der Waals surface area contributed by atoms with E-state index in [4.69, 9.17) is 16.7 Å². The number of phenolic OH excluding ortho intramolecular Hbond substituents is 1. The van der Waals surface area contributed by atoms with Crippen LogP contribution in [-0.4, -0.2) is 28.1 Å². The van der Waals surface area contributed by atoms with E-state index in [0.29, 0.717) is 5.02 Å². The quantitative estimate of drug-likeness (QED) is 0.774. The van der Waals surface area contributed by atoms with Gasteiger partial charge in [0, 0.05) is 11.1 Å². The fraction of sp³-hybridized carbons (Fsp3) is 0.385. The van der Waals surface area contributed by atoms with Crippen LogP contribution in [-0.2, 0) is 4.79 Å². The molecule has 104 valence electrons. The molecule has 0 heterocycles. The Morgan fingerprint density at radius 2 is 2.00 bits per heavy atom. The number of aromatic hydroxyl groups is 1. The van der Waals surface area contributed by atoms with E-state index in [1.165, 1.54) is 18.2 Å². The zero-order valence-corrected chi connectivity index (χ0v) is 11.4. The second-order valence-electron chi connectivity index (χ2n) is 4.58. The Bertz CT molecular complexity index is 488. The zero-order chi connectivity index (χ0) is 14.6. The van der Waals surface area contributed by atoms with Gasteiger partial charge in [0.15, 0.2) is 0 Å². The molecule has 0 saturated heterocycles. The highest BCUT2D eigenvalue weighted by Crippen LogP contribution is 2.22. The van der Waals surface area contributed by atoms with Gasteiger partial charge in [0.2, 0.25) is 0 Å². The lowest BCUT2D eigenvalue weighted by atomic mass is 10.0. The SMILES string of the molecule is CC(C)C(CC(=O)O)NC(=O)c1ccc(Cl)cc1O. The van der Waals surface area contributed by atoms with Crippen LogP contribution in [0.1, 0.15) is 30.6 Å². The van der Waals surface area contributed by atoms with Crippen molar-refractivity contribution in [3.05, 3.63) is 28.8 Å². The van der Waals surface area contributed by atoms with Crippen LogP contribution in [0.25, 0.3) is 0 Å². The summed E-state index contributed by atoms with van der Waals surface area (Å²) in [5.74, 6) is -1.77. The summed E-state index contributed by atoms with van der Waals surface area (Å²) in [6.45, 7) is 3.63. The predicted molar refractivity (Wildman–Crippen MR) is 71.5 cm³/mol. The van der Waals surface area contributed by atoms with Crippen LogP contribution >= 0.6 is 11.6 Å². The third-order valence-corrected chi connectivity index (χ3v) is 2.96. The number of carbonyl (C=O) groups is 2. The maximum atomic E-state index is 12.0. The molecule has 0 spiro atoms. The largest absolute Gasteiger partial charge is 0.507 e. The molecule has 5 nitrogen and oxygen atoms in total. The third kappa shape index (κ3) is 4.44. The highest BCUT2D eigenvalue weighted by Gasteiger charge is 2.21. The second kappa shape index (κ2) is 6.43. The second-order valence-corrected chi connectivity index (χ2v) is 5.02. The first-order chi connectivity index (χ1) is 8.81. The number of carboxylic acid groups (broad SMARTS) is 1. The highest BCUT2D eigenvalue weighted by molar-refractivity contribution is 6.30. The number of rotatable bonds is 5. The minimum Gasteiger partial charge on any atom is -0.507 e. The smallest absolute Gasteiger partial charge is 0.305 e. The molecule has 0 saturated carbocycles. The van der Waals surface area contributed by atoms with E-state index in [2.05, 4.69) is 5.32 Å². The molecule has 0 aromatic heterocycles. The minimum absolute atomic E-state index is 0.0329. The molecule has 1 atom stereocenters. The van der Waals surface area contributed by atoms with E-state index in [1.807, 2.05) is 13.8 Å². The van der Waals surface area contributed by atoms with Gasteiger partial charge in [0.1, 0.15) is 5.75 Å². The fourth-order valence-electron chi connectivity index (χ4n) is 1.58. The molecular formula is C13H16ClNO4. The topological polar surface area (TPSA) is 86.6 Å². The lowest BCUT2D eigenvalue weighted by Gasteiger charge is -2.20. The van der Waals surface area contributed by atoms with Gasteiger partial charge in [-0.15, -0.1) is 0 Å². The number of carboxylic acids is 1. The van der Waals surface area contributed by atoms with Crippen LogP contribution < -0.4 is 5.32 Å². The lowest BCUT2D eigenvalue weighted by Crippen LogP contribution is -2.40. The molecule has 1 rings (SSSR count). The highest BCUT2D eigenvalue weighted by atomic mass is 35.5. The first-order valence-electron chi connectivity index (χ1n) is 5.82. The lowest BCUT2D eigenvalue weighted by molar-refractivity contribution is -0.137. The summed E-state index contributed by atoms with van der Waals surface area (Å²) in [7, 11) is 0. The van der Waals surface area contributed by atoms with E-state index in [1.54, 1.807) is 0 Å². The van der Waals surface area contributed by atoms with Crippen molar-refractivity contribution in [1.82, 2.24) is 5.32 Å². The van der Waals surface area contributed by atoms with Gasteiger partial charge >= 0.3 is 5.97 Å². The summed E-state index contributed by atoms with van der Waals surface area (Å²) in [5, 5.41) is 21.3. The van der Waals surface area contributed by atoms with Crippen molar-refractivity contribution >= 4 is 23.5 Å². The van der Waals surface area contributed by atoms with Crippen molar-refractivity contribution in [2.75, 3.05) is 0 Å². The first kappa shape index (κ1) is 15.3. The van der Waals surface area contributed by atoms with E-state index in [-0.39, 0.29) is 23.7 Å². The molecule has 19 heavy (non-hydrogen) atoms. The maximum absolute atomic E-state index is 12.0. The summed E-state index contributed by atoms with van der Waals surface area (Å²) in [6, 6.07) is 3.64. The van der Waals surface area contributed by atoms with Crippen LogP contribution in [0.3, 0.4) is 0 Å². The molecule has 0 aliphatic heterocycles. The predicted octanol–water partition coefficient (Wildman–Crippen LogP) is 2.27. The Labute approximate surface area is 116 Å². The number of benzene rings is 1. The average molecular weight is 286 g/mol. The van der Waals surface area contributed by atoms with Crippen molar-refractivity contribution in [2.45, 2.75) is 26.3 Å². The Morgan fingerprint density at radius 3 is 2.47 bits per heavy atom. The van der Waals surface area contributed by atoms with Crippen LogP contribution in [0.2, 0.25) is 5.02 Å². The van der Waals surface area contributed by atoms with E-state index >= 15 is 0 Å². The molecule has 0 fully saturated rings. The van der Waals surface area contributed by atoms with E-state index in [9.17, 15) is 14.7 Å². The number of hydrogen-bond acceptors (Lipinski definition) is 3. The summed E-state index contributed by atoms with van der Waals surface area (Å²) in [4.78, 5) is 22.7. The molecular weight excluding hydrogens is 270 g/mol. The van der Waals surface area contributed by atoms with Crippen LogP contribution in [0.15, 0.2) is 18.2 Å². The number of phenols is 1. The molecule has 3 N–H and O–H groups in total. The summed E-state index contributed by atoms with van der Waals surface area (Å²) in [6.07, 6.45) is -0.169. The molecule has 0 aliphatic rings. The van der Waals surface area contributed by atoms with Crippen LogP contribution in [0, 0.1) is 5.92 Å². The molecule has 1 amide bonds. The van der Waals surface area contributed by atoms with Gasteiger partial charge in [-0.05, 0) is 24.1 Å². The van der Waals surface area contributed by atoms with Gasteiger partial charge in [-0.2, -0.15) is 0 Å². The van der Waals surface area contributed by atoms with Gasteiger partial charge in [0.25, 0.3) is 5.91 Å². The van der Waals surface area contributed by atoms with Crippen molar-refractivity contribution in [3.8, 4) is 5.75 Å². The summed E-state index contributed by atoms with van der Waals surface area (Å²) >= 11 is 5.68. The number of aliphatic carboxylic acids is 1. The zero-order valence-electron chi connectivity index (χ0n) is 10.7. The first-order valence-corrected chi connectivity index (χ1v) is 6.20. The normalized spacial score (nSPS) is 12.2. The Morgan fingerprint density at radius 1 is 1.37 bits per heavy atom. The molecule has 0 aliphatic carbocycles. The molecule has 0 radical (unpaired) electrons. The molecule has 0 bridgehead atoms. The summed E-state index contributed by atoms with van der Waals surface area (Å²) < 4.78 is 0. The van der Waals surface area contributed by atoms with Gasteiger partial charge in [0.05, 0.1) is 12.0 Å². The molecule has 1 unspecified atom stereocenters. The summed E-state index contributed by atoms with van der Waals surface area (Å²) in [5.41, 5.74) is 0.0699. The van der Waals surface area contributed by atoms with Gasteiger partial charge in [-0.3, -0.25) is 9.59 Å². The average Bonchev–Trinajstić information content (AvgIpc) is 2.26.